The number of nitrogens with one attached hydrogen (secondary N) is 1. The Labute approximate surface area is 200 Å². The number of thiophene rings is 1. The first-order valence-corrected chi connectivity index (χ1v) is 11.7. The summed E-state index contributed by atoms with van der Waals surface area (Å²) in [6, 6.07) is 27.9. The van der Waals surface area contributed by atoms with E-state index < -0.39 is 0 Å². The molecule has 4 rings (SSSR count). The summed E-state index contributed by atoms with van der Waals surface area (Å²) in [5.74, 6) is -0.157. The maximum Gasteiger partial charge on any atom is 0.256 e. The summed E-state index contributed by atoms with van der Waals surface area (Å²) >= 11 is 1.53. The molecule has 0 spiro atoms. The second-order valence-electron chi connectivity index (χ2n) is 8.04. The Balaban J connectivity index is 1.42. The maximum atomic E-state index is 12.9. The lowest BCUT2D eigenvalue weighted by Gasteiger charge is -2.07. The zero-order valence-electron chi connectivity index (χ0n) is 18.4. The number of amides is 1. The normalized spacial score (nSPS) is 10.7. The molecule has 0 fully saturated rings. The van der Waals surface area contributed by atoms with Gasteiger partial charge in [-0.1, -0.05) is 78.8 Å². The van der Waals surface area contributed by atoms with Crippen molar-refractivity contribution in [3.8, 4) is 0 Å². The highest BCUT2D eigenvalue weighted by Crippen LogP contribution is 2.33. The van der Waals surface area contributed by atoms with Crippen LogP contribution in [0.2, 0.25) is 0 Å². The van der Waals surface area contributed by atoms with Gasteiger partial charge in [-0.25, -0.2) is 0 Å². The van der Waals surface area contributed by atoms with Crippen molar-refractivity contribution >= 4 is 41.3 Å². The van der Waals surface area contributed by atoms with Gasteiger partial charge in [0.25, 0.3) is 5.91 Å². The number of aryl methyl sites for hydroxylation is 2. The van der Waals surface area contributed by atoms with Crippen LogP contribution in [0.3, 0.4) is 0 Å². The SMILES string of the molecule is [B]c1ccc(CCc2ccc(C(=O)Nc3sc(Cc4ccccc4)cc3C(=C)N)cc2)cc1. The van der Waals surface area contributed by atoms with E-state index in [4.69, 9.17) is 13.6 Å². The molecular weight excluding hydrogens is 423 g/mol. The first-order chi connectivity index (χ1) is 16.0. The molecule has 0 saturated heterocycles. The predicted molar refractivity (Wildman–Crippen MR) is 140 cm³/mol. The molecule has 3 aromatic carbocycles. The van der Waals surface area contributed by atoms with Gasteiger partial charge in [0.2, 0.25) is 0 Å². The van der Waals surface area contributed by atoms with Crippen LogP contribution < -0.4 is 16.5 Å². The molecule has 0 aliphatic heterocycles. The number of rotatable bonds is 8. The van der Waals surface area contributed by atoms with Crippen molar-refractivity contribution < 1.29 is 4.79 Å². The molecule has 0 aliphatic carbocycles. The second-order valence-corrected chi connectivity index (χ2v) is 9.17. The molecule has 3 N–H and O–H groups in total. The van der Waals surface area contributed by atoms with Gasteiger partial charge < -0.3 is 11.1 Å². The van der Waals surface area contributed by atoms with E-state index in [1.54, 1.807) is 0 Å². The first kappa shape index (κ1) is 22.6. The van der Waals surface area contributed by atoms with Gasteiger partial charge in [-0.2, -0.15) is 0 Å². The number of carbonyl (C=O) groups excluding carboxylic acids is 1. The quantitative estimate of drug-likeness (QED) is 0.369. The molecule has 4 aromatic rings. The van der Waals surface area contributed by atoms with Crippen molar-refractivity contribution in [1.29, 1.82) is 0 Å². The number of anilines is 1. The molecule has 162 valence electrons. The fraction of sp³-hybridized carbons (Fsp3) is 0.107. The van der Waals surface area contributed by atoms with E-state index in [1.807, 2.05) is 72.8 Å². The van der Waals surface area contributed by atoms with Gasteiger partial charge in [-0.3, -0.25) is 4.79 Å². The van der Waals surface area contributed by atoms with Gasteiger partial charge >= 0.3 is 0 Å². The summed E-state index contributed by atoms with van der Waals surface area (Å²) in [6.07, 6.45) is 2.61. The Morgan fingerprint density at radius 1 is 0.879 bits per heavy atom. The molecule has 3 nitrogen and oxygen atoms in total. The molecule has 0 aliphatic rings. The van der Waals surface area contributed by atoms with Gasteiger partial charge in [0.15, 0.2) is 0 Å². The van der Waals surface area contributed by atoms with Crippen LogP contribution >= 0.6 is 11.3 Å². The van der Waals surface area contributed by atoms with E-state index in [2.05, 4.69) is 24.0 Å². The predicted octanol–water partition coefficient (Wildman–Crippen LogP) is 5.10. The smallest absolute Gasteiger partial charge is 0.256 e. The largest absolute Gasteiger partial charge is 0.399 e. The van der Waals surface area contributed by atoms with Crippen LogP contribution in [0, 0.1) is 0 Å². The Morgan fingerprint density at radius 3 is 2.09 bits per heavy atom. The third kappa shape index (κ3) is 6.02. The lowest BCUT2D eigenvalue weighted by molar-refractivity contribution is 0.102. The summed E-state index contributed by atoms with van der Waals surface area (Å²) in [6.45, 7) is 3.87. The van der Waals surface area contributed by atoms with E-state index >= 15 is 0 Å². The highest BCUT2D eigenvalue weighted by molar-refractivity contribution is 7.16. The van der Waals surface area contributed by atoms with Gasteiger partial charge in [-0.15, -0.1) is 11.3 Å². The minimum atomic E-state index is -0.157. The molecule has 1 aromatic heterocycles. The number of benzene rings is 3. The molecule has 0 atom stereocenters. The summed E-state index contributed by atoms with van der Waals surface area (Å²) in [5, 5.41) is 3.75. The van der Waals surface area contributed by atoms with Crippen LogP contribution in [0.5, 0.6) is 0 Å². The van der Waals surface area contributed by atoms with Gasteiger partial charge in [0, 0.05) is 28.1 Å². The van der Waals surface area contributed by atoms with Crippen molar-refractivity contribution in [3.63, 3.8) is 0 Å². The van der Waals surface area contributed by atoms with Crippen molar-refractivity contribution in [2.45, 2.75) is 19.3 Å². The number of carbonyl (C=O) groups is 1. The Kier molecular flexibility index (Phi) is 7.11. The average Bonchev–Trinajstić information content (AvgIpc) is 3.22. The Hall–Kier alpha value is -3.57. The zero-order chi connectivity index (χ0) is 23.2. The molecule has 5 heteroatoms. The lowest BCUT2D eigenvalue weighted by atomic mass is 9.94. The van der Waals surface area contributed by atoms with E-state index in [0.717, 1.165) is 40.2 Å². The van der Waals surface area contributed by atoms with Gasteiger partial charge in [-0.05, 0) is 47.7 Å². The topological polar surface area (TPSA) is 55.1 Å². The number of nitrogens with two attached hydrogens (primary N) is 1. The Bertz CT molecular complexity index is 1250. The van der Waals surface area contributed by atoms with E-state index in [-0.39, 0.29) is 5.91 Å². The fourth-order valence-corrected chi connectivity index (χ4v) is 4.75. The Morgan fingerprint density at radius 2 is 1.48 bits per heavy atom. The van der Waals surface area contributed by atoms with Crippen LogP contribution in [0.25, 0.3) is 5.70 Å². The highest BCUT2D eigenvalue weighted by atomic mass is 32.1. The molecule has 0 unspecified atom stereocenters. The molecular formula is C28H25BN2OS. The second kappa shape index (κ2) is 10.4. The number of hydrogen-bond acceptors (Lipinski definition) is 3. The van der Waals surface area contributed by atoms with Crippen LogP contribution in [0.4, 0.5) is 5.00 Å². The van der Waals surface area contributed by atoms with E-state index in [0.29, 0.717) is 11.3 Å². The summed E-state index contributed by atoms with van der Waals surface area (Å²) in [4.78, 5) is 14.0. The van der Waals surface area contributed by atoms with Crippen LogP contribution in [-0.4, -0.2) is 13.8 Å². The molecule has 2 radical (unpaired) electrons. The molecule has 33 heavy (non-hydrogen) atoms. The molecule has 0 saturated carbocycles. The van der Waals surface area contributed by atoms with E-state index in [1.165, 1.54) is 28.0 Å². The van der Waals surface area contributed by atoms with Gasteiger partial charge in [0.05, 0.1) is 0 Å². The molecule has 1 heterocycles. The minimum absolute atomic E-state index is 0.157. The zero-order valence-corrected chi connectivity index (χ0v) is 19.2. The minimum Gasteiger partial charge on any atom is -0.399 e. The van der Waals surface area contributed by atoms with Crippen LogP contribution in [0.1, 0.15) is 37.5 Å². The first-order valence-electron chi connectivity index (χ1n) is 10.8. The summed E-state index contributed by atoms with van der Waals surface area (Å²) < 4.78 is 0. The highest BCUT2D eigenvalue weighted by Gasteiger charge is 2.15. The van der Waals surface area contributed by atoms with Crippen molar-refractivity contribution in [1.82, 2.24) is 0 Å². The third-order valence-electron chi connectivity index (χ3n) is 5.48. The molecule has 0 bridgehead atoms. The standard InChI is InChI=1S/C28H25BN2OS/c1-19(30)26-18-25(17-22-5-3-2-4-6-22)33-28(26)31-27(32)23-13-9-20(10-14-23)7-8-21-11-15-24(29)16-12-21/h2-6,9-16,18H,1,7-8,17,30H2,(H,31,32). The summed E-state index contributed by atoms with van der Waals surface area (Å²) in [5.41, 5.74) is 12.2. The third-order valence-corrected chi connectivity index (χ3v) is 6.53. The van der Waals surface area contributed by atoms with E-state index in [9.17, 15) is 4.79 Å². The number of hydrogen-bond donors (Lipinski definition) is 2. The fourth-order valence-electron chi connectivity index (χ4n) is 3.63. The molecule has 1 amide bonds. The van der Waals surface area contributed by atoms with Crippen molar-refractivity contribution in [3.05, 3.63) is 124 Å². The average molecular weight is 448 g/mol. The van der Waals surface area contributed by atoms with Crippen molar-refractivity contribution in [2.24, 2.45) is 5.73 Å². The lowest BCUT2D eigenvalue weighted by Crippen LogP contribution is -2.12. The van der Waals surface area contributed by atoms with Gasteiger partial charge in [0.1, 0.15) is 12.8 Å². The van der Waals surface area contributed by atoms with Crippen LogP contribution in [-0.2, 0) is 19.3 Å². The monoisotopic (exact) mass is 448 g/mol. The van der Waals surface area contributed by atoms with Crippen molar-refractivity contribution in [2.75, 3.05) is 5.32 Å². The maximum absolute atomic E-state index is 12.9. The van der Waals surface area contributed by atoms with Crippen LogP contribution in [0.15, 0.2) is 91.5 Å². The summed E-state index contributed by atoms with van der Waals surface area (Å²) in [7, 11) is 5.75.